The van der Waals surface area contributed by atoms with Crippen LogP contribution < -0.4 is 5.32 Å². The van der Waals surface area contributed by atoms with Crippen LogP contribution in [-0.4, -0.2) is 44.4 Å². The number of hydrogen-bond acceptors (Lipinski definition) is 5. The van der Waals surface area contributed by atoms with E-state index in [1.165, 1.54) is 14.2 Å². The van der Waals surface area contributed by atoms with Crippen molar-refractivity contribution in [3.63, 3.8) is 0 Å². The van der Waals surface area contributed by atoms with Crippen molar-refractivity contribution in [3.8, 4) is 0 Å². The molecule has 0 aromatic heterocycles. The van der Waals surface area contributed by atoms with Crippen molar-refractivity contribution in [2.75, 3.05) is 27.3 Å². The number of nitrogens with zero attached hydrogens (tertiary/aromatic N) is 1. The Bertz CT molecular complexity index is 180. The molecule has 7 nitrogen and oxygen atoms in total. The molecule has 0 saturated carbocycles. The zero-order chi connectivity index (χ0) is 10.3. The summed E-state index contributed by atoms with van der Waals surface area (Å²) in [5.41, 5.74) is 0. The van der Waals surface area contributed by atoms with E-state index in [-0.39, 0.29) is 6.54 Å². The van der Waals surface area contributed by atoms with E-state index in [9.17, 15) is 14.9 Å². The van der Waals surface area contributed by atoms with Crippen LogP contribution in [0.1, 0.15) is 0 Å². The van der Waals surface area contributed by atoms with Gasteiger partial charge >= 0.3 is 0 Å². The van der Waals surface area contributed by atoms with E-state index < -0.39 is 23.7 Å². The zero-order valence-corrected chi connectivity index (χ0v) is 7.48. The number of carbonyl (C=O) groups excluding carboxylic acids is 1. The van der Waals surface area contributed by atoms with E-state index in [1.54, 1.807) is 0 Å². The van der Waals surface area contributed by atoms with Crippen molar-refractivity contribution in [2.24, 2.45) is 0 Å². The van der Waals surface area contributed by atoms with Crippen LogP contribution in [0.2, 0.25) is 0 Å². The first-order valence-corrected chi connectivity index (χ1v) is 3.54. The fraction of sp³-hybridized carbons (Fsp3) is 0.833. The van der Waals surface area contributed by atoms with E-state index >= 15 is 0 Å². The molecule has 0 aromatic carbocycles. The van der Waals surface area contributed by atoms with Gasteiger partial charge in [0.2, 0.25) is 0 Å². The maximum Gasteiger partial charge on any atom is 0.291 e. The molecule has 0 saturated heterocycles. The number of methoxy groups -OCH3 is 2. The van der Waals surface area contributed by atoms with Crippen LogP contribution in [0.15, 0.2) is 0 Å². The Morgan fingerprint density at radius 2 is 2.08 bits per heavy atom. The van der Waals surface area contributed by atoms with E-state index in [2.05, 4.69) is 5.32 Å². The fourth-order valence-corrected chi connectivity index (χ4v) is 0.633. The molecule has 7 heteroatoms. The number of rotatable bonds is 6. The molecule has 0 aliphatic heterocycles. The van der Waals surface area contributed by atoms with E-state index in [4.69, 9.17) is 9.47 Å². The van der Waals surface area contributed by atoms with E-state index in [0.29, 0.717) is 0 Å². The van der Waals surface area contributed by atoms with Gasteiger partial charge in [-0.2, -0.15) is 0 Å². The Kier molecular flexibility index (Phi) is 5.73. The molecular weight excluding hydrogens is 180 g/mol. The van der Waals surface area contributed by atoms with Gasteiger partial charge in [0.15, 0.2) is 6.29 Å². The fourth-order valence-electron chi connectivity index (χ4n) is 0.633. The quantitative estimate of drug-likeness (QED) is 0.331. The first kappa shape index (κ1) is 11.8. The molecule has 0 aromatic rings. The van der Waals surface area contributed by atoms with Gasteiger partial charge < -0.3 is 14.8 Å². The van der Waals surface area contributed by atoms with Gasteiger partial charge in [0.05, 0.1) is 6.54 Å². The Morgan fingerprint density at radius 1 is 1.54 bits per heavy atom. The number of hydrogen-bond donors (Lipinski definition) is 1. The number of amides is 1. The minimum absolute atomic E-state index is 0.0969. The van der Waals surface area contributed by atoms with Crippen molar-refractivity contribution < 1.29 is 19.2 Å². The first-order valence-electron chi connectivity index (χ1n) is 3.54. The Labute approximate surface area is 75.2 Å². The van der Waals surface area contributed by atoms with Crippen molar-refractivity contribution in [3.05, 3.63) is 10.1 Å². The van der Waals surface area contributed by atoms with Crippen LogP contribution >= 0.6 is 0 Å². The van der Waals surface area contributed by atoms with Crippen LogP contribution in [0.3, 0.4) is 0 Å². The summed E-state index contributed by atoms with van der Waals surface area (Å²) in [5, 5.41) is 12.2. The van der Waals surface area contributed by atoms with Crippen LogP contribution in [0.25, 0.3) is 0 Å². The molecule has 0 unspecified atom stereocenters. The maximum atomic E-state index is 10.7. The van der Waals surface area contributed by atoms with Crippen LogP contribution in [0.5, 0.6) is 0 Å². The first-order chi connectivity index (χ1) is 6.10. The Balaban J connectivity index is 3.62. The summed E-state index contributed by atoms with van der Waals surface area (Å²) in [7, 11) is 2.82. The van der Waals surface area contributed by atoms with Crippen LogP contribution in [0, 0.1) is 10.1 Å². The second-order valence-electron chi connectivity index (χ2n) is 2.20. The highest BCUT2D eigenvalue weighted by Gasteiger charge is 2.11. The lowest BCUT2D eigenvalue weighted by Crippen LogP contribution is -2.37. The van der Waals surface area contributed by atoms with Crippen LogP contribution in [-0.2, 0) is 14.3 Å². The standard InChI is InChI=1S/C6H12N2O5/c1-12-6(13-2)3-7-5(9)4-8(10)11/h6H,3-4H2,1-2H3,(H,7,9). The molecule has 0 atom stereocenters. The number of ether oxygens (including phenoxy) is 2. The Hall–Kier alpha value is -1.21. The third-order valence-corrected chi connectivity index (χ3v) is 1.26. The lowest BCUT2D eigenvalue weighted by Gasteiger charge is -2.12. The summed E-state index contributed by atoms with van der Waals surface area (Å²) in [5.74, 6) is -0.663. The summed E-state index contributed by atoms with van der Waals surface area (Å²) < 4.78 is 9.50. The highest BCUT2D eigenvalue weighted by molar-refractivity contribution is 5.76. The van der Waals surface area contributed by atoms with Crippen molar-refractivity contribution in [2.45, 2.75) is 6.29 Å². The summed E-state index contributed by atoms with van der Waals surface area (Å²) in [6.07, 6.45) is -0.573. The number of nitro groups is 1. The molecule has 0 rings (SSSR count). The summed E-state index contributed by atoms with van der Waals surface area (Å²) in [4.78, 5) is 19.9. The molecule has 76 valence electrons. The zero-order valence-electron chi connectivity index (χ0n) is 7.48. The molecular formula is C6H12N2O5. The predicted molar refractivity (Wildman–Crippen MR) is 42.7 cm³/mol. The van der Waals surface area contributed by atoms with Crippen molar-refractivity contribution in [1.29, 1.82) is 0 Å². The normalized spacial score (nSPS) is 10.1. The van der Waals surface area contributed by atoms with Gasteiger partial charge in [-0.15, -0.1) is 0 Å². The van der Waals surface area contributed by atoms with E-state index in [0.717, 1.165) is 0 Å². The van der Waals surface area contributed by atoms with Gasteiger partial charge in [-0.1, -0.05) is 0 Å². The largest absolute Gasteiger partial charge is 0.354 e. The second kappa shape index (κ2) is 6.32. The molecule has 0 bridgehead atoms. The highest BCUT2D eigenvalue weighted by atomic mass is 16.7. The molecule has 0 aliphatic rings. The lowest BCUT2D eigenvalue weighted by atomic mass is 10.5. The SMILES string of the molecule is COC(CNC(=O)C[N+](=O)[O-])OC. The molecule has 0 radical (unpaired) electrons. The van der Waals surface area contributed by atoms with E-state index in [1.807, 2.05) is 0 Å². The third-order valence-electron chi connectivity index (χ3n) is 1.26. The summed E-state index contributed by atoms with van der Waals surface area (Å²) in [6, 6.07) is 0. The van der Waals surface area contributed by atoms with Gasteiger partial charge in [0.25, 0.3) is 12.5 Å². The molecule has 0 aliphatic carbocycles. The molecule has 13 heavy (non-hydrogen) atoms. The topological polar surface area (TPSA) is 90.7 Å². The van der Waals surface area contributed by atoms with Gasteiger partial charge in [-0.25, -0.2) is 0 Å². The van der Waals surface area contributed by atoms with Gasteiger partial charge in [-0.3, -0.25) is 14.9 Å². The summed E-state index contributed by atoms with van der Waals surface area (Å²) in [6.45, 7) is -0.639. The molecule has 0 heterocycles. The molecule has 0 spiro atoms. The number of carbonyl (C=O) groups is 1. The molecule has 1 N–H and O–H groups in total. The lowest BCUT2D eigenvalue weighted by molar-refractivity contribution is -0.467. The maximum absolute atomic E-state index is 10.7. The molecule has 0 fully saturated rings. The minimum Gasteiger partial charge on any atom is -0.354 e. The number of nitrogens with one attached hydrogen (secondary N) is 1. The minimum atomic E-state index is -0.736. The van der Waals surface area contributed by atoms with Crippen LogP contribution in [0.4, 0.5) is 0 Å². The summed E-state index contributed by atoms with van der Waals surface area (Å²) >= 11 is 0. The monoisotopic (exact) mass is 192 g/mol. The average Bonchev–Trinajstić information content (AvgIpc) is 2.05. The van der Waals surface area contributed by atoms with Crippen molar-refractivity contribution in [1.82, 2.24) is 5.32 Å². The Morgan fingerprint density at radius 3 is 2.46 bits per heavy atom. The van der Waals surface area contributed by atoms with Gasteiger partial charge in [0.1, 0.15) is 0 Å². The highest BCUT2D eigenvalue weighted by Crippen LogP contribution is 1.87. The third kappa shape index (κ3) is 6.00. The predicted octanol–water partition coefficient (Wildman–Crippen LogP) is -1.00. The van der Waals surface area contributed by atoms with Crippen molar-refractivity contribution >= 4 is 5.91 Å². The average molecular weight is 192 g/mol. The van der Waals surface area contributed by atoms with Gasteiger partial charge in [-0.05, 0) is 0 Å². The molecule has 1 amide bonds. The second-order valence-corrected chi connectivity index (χ2v) is 2.20. The van der Waals surface area contributed by atoms with Gasteiger partial charge in [0, 0.05) is 19.1 Å². The smallest absolute Gasteiger partial charge is 0.291 e.